The van der Waals surface area contributed by atoms with Gasteiger partial charge in [0, 0.05) is 13.0 Å². The smallest absolute Gasteiger partial charge is 0.337 e. The molecule has 0 saturated carbocycles. The molecule has 0 bridgehead atoms. The SMILES string of the molecule is COC(=O)c1ccc(Cl)c(NC(=O)CCN2CCCCC2)c1. The normalized spacial score (nSPS) is 15.4. The van der Waals surface area contributed by atoms with Gasteiger partial charge in [0.15, 0.2) is 0 Å². The van der Waals surface area contributed by atoms with E-state index in [0.29, 0.717) is 22.7 Å². The molecule has 0 aromatic heterocycles. The van der Waals surface area contributed by atoms with E-state index in [4.69, 9.17) is 11.6 Å². The van der Waals surface area contributed by atoms with E-state index in [-0.39, 0.29) is 5.91 Å². The van der Waals surface area contributed by atoms with Crippen molar-refractivity contribution in [2.75, 3.05) is 32.1 Å². The molecular weight excluding hydrogens is 304 g/mol. The topological polar surface area (TPSA) is 58.6 Å². The molecule has 1 saturated heterocycles. The summed E-state index contributed by atoms with van der Waals surface area (Å²) in [6.07, 6.45) is 4.10. The summed E-state index contributed by atoms with van der Waals surface area (Å²) in [5, 5.41) is 3.17. The minimum atomic E-state index is -0.458. The Labute approximate surface area is 135 Å². The molecule has 5 nitrogen and oxygen atoms in total. The van der Waals surface area contributed by atoms with Gasteiger partial charge in [0.05, 0.1) is 23.4 Å². The second-order valence-electron chi connectivity index (χ2n) is 5.39. The fourth-order valence-electron chi connectivity index (χ4n) is 2.52. The number of likely N-dealkylation sites (tertiary alicyclic amines) is 1. The van der Waals surface area contributed by atoms with Gasteiger partial charge >= 0.3 is 5.97 Å². The van der Waals surface area contributed by atoms with E-state index >= 15 is 0 Å². The standard InChI is InChI=1S/C16H21ClN2O3/c1-22-16(21)12-5-6-13(17)14(11-12)18-15(20)7-10-19-8-3-2-4-9-19/h5-6,11H,2-4,7-10H2,1H3,(H,18,20). The number of amides is 1. The number of carbonyl (C=O) groups is 2. The molecule has 1 aliphatic rings. The van der Waals surface area contributed by atoms with Crippen molar-refractivity contribution in [2.24, 2.45) is 0 Å². The number of hydrogen-bond acceptors (Lipinski definition) is 4. The second-order valence-corrected chi connectivity index (χ2v) is 5.79. The summed E-state index contributed by atoms with van der Waals surface area (Å²) in [6, 6.07) is 4.68. The van der Waals surface area contributed by atoms with Crippen molar-refractivity contribution in [3.63, 3.8) is 0 Å². The van der Waals surface area contributed by atoms with E-state index in [9.17, 15) is 9.59 Å². The van der Waals surface area contributed by atoms with Gasteiger partial charge in [-0.25, -0.2) is 4.79 Å². The first-order valence-corrected chi connectivity index (χ1v) is 7.88. The van der Waals surface area contributed by atoms with Crippen molar-refractivity contribution < 1.29 is 14.3 Å². The maximum absolute atomic E-state index is 12.0. The highest BCUT2D eigenvalue weighted by molar-refractivity contribution is 6.33. The highest BCUT2D eigenvalue weighted by atomic mass is 35.5. The van der Waals surface area contributed by atoms with Gasteiger partial charge in [0.1, 0.15) is 0 Å². The molecular formula is C16H21ClN2O3. The molecule has 0 spiro atoms. The number of esters is 1. The van der Waals surface area contributed by atoms with Gasteiger partial charge in [0.25, 0.3) is 0 Å². The average Bonchev–Trinajstić information content (AvgIpc) is 2.55. The molecule has 1 amide bonds. The highest BCUT2D eigenvalue weighted by Gasteiger charge is 2.14. The Hall–Kier alpha value is -1.59. The number of piperidine rings is 1. The quantitative estimate of drug-likeness (QED) is 0.846. The lowest BCUT2D eigenvalue weighted by Gasteiger charge is -2.26. The number of hydrogen-bond donors (Lipinski definition) is 1. The van der Waals surface area contributed by atoms with Crippen molar-refractivity contribution in [1.29, 1.82) is 0 Å². The number of nitrogens with one attached hydrogen (secondary N) is 1. The molecule has 1 fully saturated rings. The van der Waals surface area contributed by atoms with Crippen molar-refractivity contribution in [3.8, 4) is 0 Å². The zero-order chi connectivity index (χ0) is 15.9. The van der Waals surface area contributed by atoms with Crippen molar-refractivity contribution in [2.45, 2.75) is 25.7 Å². The van der Waals surface area contributed by atoms with E-state index in [0.717, 1.165) is 19.6 Å². The predicted molar refractivity (Wildman–Crippen MR) is 86.3 cm³/mol. The van der Waals surface area contributed by atoms with Gasteiger partial charge in [-0.15, -0.1) is 0 Å². The van der Waals surface area contributed by atoms with Crippen LogP contribution in [0.5, 0.6) is 0 Å². The molecule has 0 aliphatic carbocycles. The fourth-order valence-corrected chi connectivity index (χ4v) is 2.69. The number of methoxy groups -OCH3 is 1. The van der Waals surface area contributed by atoms with Crippen LogP contribution in [-0.4, -0.2) is 43.5 Å². The maximum Gasteiger partial charge on any atom is 0.337 e. The van der Waals surface area contributed by atoms with Crippen LogP contribution in [0.2, 0.25) is 5.02 Å². The van der Waals surface area contributed by atoms with Crippen LogP contribution in [-0.2, 0) is 9.53 Å². The van der Waals surface area contributed by atoms with E-state index < -0.39 is 5.97 Å². The first kappa shape index (κ1) is 16.8. The van der Waals surface area contributed by atoms with Crippen LogP contribution < -0.4 is 5.32 Å². The minimum Gasteiger partial charge on any atom is -0.465 e. The van der Waals surface area contributed by atoms with Crippen LogP contribution in [0, 0.1) is 0 Å². The number of benzene rings is 1. The number of rotatable bonds is 5. The molecule has 22 heavy (non-hydrogen) atoms. The molecule has 1 aliphatic heterocycles. The summed E-state index contributed by atoms with van der Waals surface area (Å²) in [6.45, 7) is 2.87. The number of halogens is 1. The van der Waals surface area contributed by atoms with Gasteiger partial charge in [-0.05, 0) is 44.1 Å². The molecule has 1 aromatic rings. The van der Waals surface area contributed by atoms with Crippen molar-refractivity contribution in [3.05, 3.63) is 28.8 Å². The van der Waals surface area contributed by atoms with E-state index in [2.05, 4.69) is 15.0 Å². The van der Waals surface area contributed by atoms with Gasteiger partial charge in [-0.2, -0.15) is 0 Å². The lowest BCUT2D eigenvalue weighted by Crippen LogP contribution is -2.32. The molecule has 1 N–H and O–H groups in total. The molecule has 1 heterocycles. The number of nitrogens with zero attached hydrogens (tertiary/aromatic N) is 1. The highest BCUT2D eigenvalue weighted by Crippen LogP contribution is 2.23. The lowest BCUT2D eigenvalue weighted by atomic mass is 10.1. The Kier molecular flexibility index (Phi) is 6.21. The molecule has 2 rings (SSSR count). The Bertz CT molecular complexity index is 542. The van der Waals surface area contributed by atoms with Crippen LogP contribution in [0.1, 0.15) is 36.0 Å². The summed E-state index contributed by atoms with van der Waals surface area (Å²) in [5.74, 6) is -0.560. The van der Waals surface area contributed by atoms with Crippen LogP contribution in [0.4, 0.5) is 5.69 Å². The Morgan fingerprint density at radius 2 is 2.00 bits per heavy atom. The molecule has 0 atom stereocenters. The predicted octanol–water partition coefficient (Wildman–Crippen LogP) is 2.94. The summed E-state index contributed by atoms with van der Waals surface area (Å²) in [4.78, 5) is 25.9. The average molecular weight is 325 g/mol. The number of carbonyl (C=O) groups excluding carboxylic acids is 2. The van der Waals surface area contributed by atoms with Crippen molar-refractivity contribution >= 4 is 29.2 Å². The summed E-state index contributed by atoms with van der Waals surface area (Å²) in [5.41, 5.74) is 0.798. The molecule has 6 heteroatoms. The number of anilines is 1. The first-order chi connectivity index (χ1) is 10.6. The zero-order valence-corrected chi connectivity index (χ0v) is 13.5. The van der Waals surface area contributed by atoms with Crippen molar-refractivity contribution in [1.82, 2.24) is 4.90 Å². The first-order valence-electron chi connectivity index (χ1n) is 7.50. The van der Waals surface area contributed by atoms with Crippen LogP contribution in [0.3, 0.4) is 0 Å². The van der Waals surface area contributed by atoms with Gasteiger partial charge in [-0.3, -0.25) is 4.79 Å². The third kappa shape index (κ3) is 4.71. The van der Waals surface area contributed by atoms with Gasteiger partial charge in [0.2, 0.25) is 5.91 Å². The second kappa shape index (κ2) is 8.15. The Morgan fingerprint density at radius 1 is 1.27 bits per heavy atom. The third-order valence-electron chi connectivity index (χ3n) is 3.77. The monoisotopic (exact) mass is 324 g/mol. The van der Waals surface area contributed by atoms with Crippen LogP contribution >= 0.6 is 11.6 Å². The molecule has 0 radical (unpaired) electrons. The van der Waals surface area contributed by atoms with Gasteiger partial charge in [-0.1, -0.05) is 18.0 Å². The summed E-state index contributed by atoms with van der Waals surface area (Å²) >= 11 is 6.06. The number of ether oxygens (including phenoxy) is 1. The van der Waals surface area contributed by atoms with E-state index in [1.54, 1.807) is 12.1 Å². The summed E-state index contributed by atoms with van der Waals surface area (Å²) < 4.78 is 4.66. The molecule has 1 aromatic carbocycles. The van der Waals surface area contributed by atoms with E-state index in [1.165, 1.54) is 32.4 Å². The zero-order valence-electron chi connectivity index (χ0n) is 12.7. The lowest BCUT2D eigenvalue weighted by molar-refractivity contribution is -0.116. The van der Waals surface area contributed by atoms with Crippen LogP contribution in [0.25, 0.3) is 0 Å². The maximum atomic E-state index is 12.0. The largest absolute Gasteiger partial charge is 0.465 e. The Balaban J connectivity index is 1.91. The molecule has 0 unspecified atom stereocenters. The molecule has 120 valence electrons. The minimum absolute atomic E-state index is 0.102. The van der Waals surface area contributed by atoms with Gasteiger partial charge < -0.3 is 15.0 Å². The fraction of sp³-hybridized carbons (Fsp3) is 0.500. The summed E-state index contributed by atoms with van der Waals surface area (Å²) in [7, 11) is 1.31. The third-order valence-corrected chi connectivity index (χ3v) is 4.09. The van der Waals surface area contributed by atoms with Crippen LogP contribution in [0.15, 0.2) is 18.2 Å². The Morgan fingerprint density at radius 3 is 2.68 bits per heavy atom. The van der Waals surface area contributed by atoms with E-state index in [1.807, 2.05) is 0 Å².